The smallest absolute Gasteiger partial charge is 0.200 e. The van der Waals surface area contributed by atoms with Crippen molar-refractivity contribution in [1.29, 1.82) is 0 Å². The molecule has 2 aromatic rings. The molecular formula is C19H24FN3O3. The normalized spacial score (nSPS) is 11.2. The number of phenolic OH excluding ortho intramolecular Hbond substituents is 1. The molecule has 7 heteroatoms. The number of nitrogens with zero attached hydrogens (tertiary/aromatic N) is 1. The second-order valence-corrected chi connectivity index (χ2v) is 5.52. The van der Waals surface area contributed by atoms with Gasteiger partial charge in [-0.2, -0.15) is 0 Å². The van der Waals surface area contributed by atoms with Gasteiger partial charge < -0.3 is 25.2 Å². The third kappa shape index (κ3) is 5.27. The van der Waals surface area contributed by atoms with Gasteiger partial charge >= 0.3 is 0 Å². The van der Waals surface area contributed by atoms with Gasteiger partial charge in [-0.1, -0.05) is 12.1 Å². The van der Waals surface area contributed by atoms with Crippen LogP contribution in [-0.2, 0) is 13.1 Å². The van der Waals surface area contributed by atoms with Gasteiger partial charge in [0.05, 0.1) is 20.8 Å². The molecule has 0 atom stereocenters. The van der Waals surface area contributed by atoms with Crippen LogP contribution in [0.1, 0.15) is 18.1 Å². The highest BCUT2D eigenvalue weighted by Crippen LogP contribution is 2.37. The van der Waals surface area contributed by atoms with Crippen molar-refractivity contribution in [2.45, 2.75) is 20.0 Å². The summed E-state index contributed by atoms with van der Waals surface area (Å²) in [6.07, 6.45) is 0. The van der Waals surface area contributed by atoms with E-state index in [4.69, 9.17) is 9.47 Å². The van der Waals surface area contributed by atoms with Crippen molar-refractivity contribution in [1.82, 2.24) is 10.6 Å². The summed E-state index contributed by atoms with van der Waals surface area (Å²) in [5.74, 6) is 0.995. The number of nitrogens with one attached hydrogen (secondary N) is 2. The van der Waals surface area contributed by atoms with Crippen molar-refractivity contribution in [3.63, 3.8) is 0 Å². The van der Waals surface area contributed by atoms with Crippen LogP contribution in [-0.4, -0.2) is 31.8 Å². The fourth-order valence-corrected chi connectivity index (χ4v) is 2.34. The zero-order valence-electron chi connectivity index (χ0n) is 15.2. The van der Waals surface area contributed by atoms with E-state index in [0.29, 0.717) is 37.1 Å². The molecule has 0 aliphatic heterocycles. The number of methoxy groups -OCH3 is 2. The quantitative estimate of drug-likeness (QED) is 0.522. The van der Waals surface area contributed by atoms with Crippen LogP contribution in [0.2, 0.25) is 0 Å². The number of aliphatic imine (C=N–C) groups is 1. The van der Waals surface area contributed by atoms with Crippen molar-refractivity contribution in [3.8, 4) is 17.2 Å². The van der Waals surface area contributed by atoms with Gasteiger partial charge in [-0.25, -0.2) is 9.38 Å². The fourth-order valence-electron chi connectivity index (χ4n) is 2.34. The van der Waals surface area contributed by atoms with Gasteiger partial charge in [0.1, 0.15) is 5.82 Å². The van der Waals surface area contributed by atoms with Crippen molar-refractivity contribution in [2.75, 3.05) is 20.8 Å². The largest absolute Gasteiger partial charge is 0.502 e. The third-order valence-corrected chi connectivity index (χ3v) is 3.68. The number of benzene rings is 2. The summed E-state index contributed by atoms with van der Waals surface area (Å²) in [6.45, 7) is 3.57. The van der Waals surface area contributed by atoms with E-state index >= 15 is 0 Å². The van der Waals surface area contributed by atoms with Crippen molar-refractivity contribution >= 4 is 5.96 Å². The molecule has 26 heavy (non-hydrogen) atoms. The molecule has 0 spiro atoms. The first kappa shape index (κ1) is 19.4. The van der Waals surface area contributed by atoms with E-state index in [1.165, 1.54) is 26.4 Å². The first-order valence-corrected chi connectivity index (χ1v) is 8.27. The van der Waals surface area contributed by atoms with Crippen LogP contribution in [0.15, 0.2) is 41.4 Å². The second-order valence-electron chi connectivity index (χ2n) is 5.52. The molecule has 6 nitrogen and oxygen atoms in total. The lowest BCUT2D eigenvalue weighted by Gasteiger charge is -2.13. The number of hydrogen-bond acceptors (Lipinski definition) is 4. The topological polar surface area (TPSA) is 75.1 Å². The predicted octanol–water partition coefficient (Wildman–Crippen LogP) is 2.80. The Bertz CT molecular complexity index is 723. The Labute approximate surface area is 152 Å². The molecule has 0 bridgehead atoms. The predicted molar refractivity (Wildman–Crippen MR) is 99.3 cm³/mol. The van der Waals surface area contributed by atoms with Crippen LogP contribution < -0.4 is 20.1 Å². The highest BCUT2D eigenvalue weighted by molar-refractivity contribution is 5.79. The molecule has 0 fully saturated rings. The lowest BCUT2D eigenvalue weighted by atomic mass is 10.2. The molecule has 0 aromatic heterocycles. The number of halogens is 1. The molecule has 0 saturated carbocycles. The Balaban J connectivity index is 2.09. The average Bonchev–Trinajstić information content (AvgIpc) is 2.66. The zero-order valence-corrected chi connectivity index (χ0v) is 15.2. The monoisotopic (exact) mass is 361 g/mol. The lowest BCUT2D eigenvalue weighted by molar-refractivity contribution is 0.339. The van der Waals surface area contributed by atoms with Gasteiger partial charge in [0.25, 0.3) is 0 Å². The maximum absolute atomic E-state index is 13.0. The Morgan fingerprint density at radius 1 is 1.04 bits per heavy atom. The number of rotatable bonds is 7. The van der Waals surface area contributed by atoms with E-state index in [1.807, 2.05) is 6.92 Å². The highest BCUT2D eigenvalue weighted by Gasteiger charge is 2.11. The van der Waals surface area contributed by atoms with Crippen molar-refractivity contribution in [3.05, 3.63) is 53.3 Å². The minimum atomic E-state index is -0.260. The number of phenols is 1. The Kier molecular flexibility index (Phi) is 7.08. The molecule has 0 aliphatic carbocycles. The Morgan fingerprint density at radius 3 is 2.19 bits per heavy atom. The van der Waals surface area contributed by atoms with Crippen LogP contribution >= 0.6 is 0 Å². The molecule has 0 radical (unpaired) electrons. The first-order chi connectivity index (χ1) is 12.6. The molecule has 140 valence electrons. The van der Waals surface area contributed by atoms with E-state index in [0.717, 1.165) is 11.1 Å². The fraction of sp³-hybridized carbons (Fsp3) is 0.316. The molecule has 0 aliphatic rings. The van der Waals surface area contributed by atoms with E-state index in [2.05, 4.69) is 15.6 Å². The number of aromatic hydroxyl groups is 1. The zero-order chi connectivity index (χ0) is 18.9. The number of ether oxygens (including phenoxy) is 2. The standard InChI is InChI=1S/C19H24FN3O3/c1-4-21-19(22-11-13-5-7-15(20)8-6-13)23-12-14-9-16(25-2)18(24)17(10-14)26-3/h5-10,24H,4,11-12H2,1-3H3,(H2,21,22,23). The molecule has 0 amide bonds. The van der Waals surface area contributed by atoms with E-state index in [-0.39, 0.29) is 11.6 Å². The molecule has 2 aromatic carbocycles. The molecule has 0 unspecified atom stereocenters. The summed E-state index contributed by atoms with van der Waals surface area (Å²) in [6, 6.07) is 9.73. The third-order valence-electron chi connectivity index (χ3n) is 3.68. The molecule has 3 N–H and O–H groups in total. The SMILES string of the molecule is CCNC(=NCc1cc(OC)c(O)c(OC)c1)NCc1ccc(F)cc1. The maximum Gasteiger partial charge on any atom is 0.200 e. The molecule has 2 rings (SSSR count). The van der Waals surface area contributed by atoms with Gasteiger partial charge in [-0.3, -0.25) is 0 Å². The Morgan fingerprint density at radius 2 is 1.65 bits per heavy atom. The summed E-state index contributed by atoms with van der Waals surface area (Å²) in [4.78, 5) is 4.52. The summed E-state index contributed by atoms with van der Waals surface area (Å²) in [5, 5.41) is 16.3. The van der Waals surface area contributed by atoms with Gasteiger partial charge in [0, 0.05) is 13.1 Å². The summed E-state index contributed by atoms with van der Waals surface area (Å²) in [7, 11) is 2.96. The van der Waals surface area contributed by atoms with Gasteiger partial charge in [-0.05, 0) is 42.3 Å². The summed E-state index contributed by atoms with van der Waals surface area (Å²) < 4.78 is 23.3. The first-order valence-electron chi connectivity index (χ1n) is 8.27. The molecule has 0 heterocycles. The summed E-state index contributed by atoms with van der Waals surface area (Å²) >= 11 is 0. The minimum Gasteiger partial charge on any atom is -0.502 e. The summed E-state index contributed by atoms with van der Waals surface area (Å²) in [5.41, 5.74) is 1.78. The average molecular weight is 361 g/mol. The molecular weight excluding hydrogens is 337 g/mol. The van der Waals surface area contributed by atoms with E-state index in [1.54, 1.807) is 24.3 Å². The van der Waals surface area contributed by atoms with Crippen LogP contribution in [0, 0.1) is 5.82 Å². The van der Waals surface area contributed by atoms with E-state index < -0.39 is 0 Å². The maximum atomic E-state index is 13.0. The van der Waals surface area contributed by atoms with Crippen LogP contribution in [0.4, 0.5) is 4.39 Å². The van der Waals surface area contributed by atoms with Crippen LogP contribution in [0.25, 0.3) is 0 Å². The van der Waals surface area contributed by atoms with E-state index in [9.17, 15) is 9.50 Å². The Hall–Kier alpha value is -2.96. The number of guanidine groups is 1. The van der Waals surface area contributed by atoms with Crippen molar-refractivity contribution < 1.29 is 19.0 Å². The molecule has 0 saturated heterocycles. The van der Waals surface area contributed by atoms with Gasteiger partial charge in [0.2, 0.25) is 5.75 Å². The minimum absolute atomic E-state index is 0.0379. The highest BCUT2D eigenvalue weighted by atomic mass is 19.1. The van der Waals surface area contributed by atoms with Crippen molar-refractivity contribution in [2.24, 2.45) is 4.99 Å². The lowest BCUT2D eigenvalue weighted by Crippen LogP contribution is -2.36. The van der Waals surface area contributed by atoms with Crippen LogP contribution in [0.3, 0.4) is 0 Å². The van der Waals surface area contributed by atoms with Crippen LogP contribution in [0.5, 0.6) is 17.2 Å². The van der Waals surface area contributed by atoms with Gasteiger partial charge in [-0.15, -0.1) is 0 Å². The van der Waals surface area contributed by atoms with Gasteiger partial charge in [0.15, 0.2) is 17.5 Å². The second kappa shape index (κ2) is 9.50. The number of hydrogen-bond donors (Lipinski definition) is 3.